The first-order valence-electron chi connectivity index (χ1n) is 3.51. The number of ether oxygens (including phenoxy) is 1. The summed E-state index contributed by atoms with van der Waals surface area (Å²) < 4.78 is 4.82. The van der Waals surface area contributed by atoms with E-state index in [1.54, 1.807) is 6.07 Å². The Bertz CT molecular complexity index is 305. The van der Waals surface area contributed by atoms with Crippen LogP contribution in [0.25, 0.3) is 0 Å². The molecule has 0 saturated heterocycles. The van der Waals surface area contributed by atoms with Crippen LogP contribution >= 0.6 is 0 Å². The standard InChI is InChI=1S/C9H9O3/c1-6(10)8-4-3-7(12-2)5-9(8)11/h3-5H,1-2H3. The van der Waals surface area contributed by atoms with Gasteiger partial charge in [0.15, 0.2) is 11.5 Å². The lowest BCUT2D eigenvalue weighted by molar-refractivity contribution is 0.101. The van der Waals surface area contributed by atoms with Crippen molar-refractivity contribution in [1.29, 1.82) is 0 Å². The smallest absolute Gasteiger partial charge is 0.193 e. The molecule has 0 bridgehead atoms. The van der Waals surface area contributed by atoms with Crippen LogP contribution in [0.15, 0.2) is 18.2 Å². The van der Waals surface area contributed by atoms with Crippen LogP contribution < -0.4 is 4.74 Å². The summed E-state index contributed by atoms with van der Waals surface area (Å²) in [6.07, 6.45) is 0. The molecule has 1 radical (unpaired) electrons. The van der Waals surface area contributed by atoms with Gasteiger partial charge in [0.25, 0.3) is 0 Å². The summed E-state index contributed by atoms with van der Waals surface area (Å²) in [7, 11) is 1.47. The summed E-state index contributed by atoms with van der Waals surface area (Å²) in [5.41, 5.74) is 0.204. The molecule has 3 heteroatoms. The number of carbonyl (C=O) groups excluding carboxylic acids is 1. The average Bonchev–Trinajstić information content (AvgIpc) is 2.03. The first-order chi connectivity index (χ1) is 5.65. The minimum Gasteiger partial charge on any atom is -0.497 e. The molecule has 63 valence electrons. The molecule has 1 aromatic carbocycles. The lowest BCUT2D eigenvalue weighted by Crippen LogP contribution is -1.92. The maximum absolute atomic E-state index is 11.1. The Hall–Kier alpha value is -1.51. The molecule has 0 fully saturated rings. The van der Waals surface area contributed by atoms with Crippen molar-refractivity contribution in [2.75, 3.05) is 7.11 Å². The summed E-state index contributed by atoms with van der Waals surface area (Å²) in [4.78, 5) is 10.8. The van der Waals surface area contributed by atoms with E-state index < -0.39 is 0 Å². The number of benzene rings is 1. The van der Waals surface area contributed by atoms with Crippen LogP contribution in [0.2, 0.25) is 0 Å². The number of carbonyl (C=O) groups is 1. The first-order valence-corrected chi connectivity index (χ1v) is 3.51. The van der Waals surface area contributed by atoms with Crippen molar-refractivity contribution < 1.29 is 14.6 Å². The topological polar surface area (TPSA) is 46.2 Å². The minimum atomic E-state index is -0.290. The highest BCUT2D eigenvalue weighted by atomic mass is 16.5. The van der Waals surface area contributed by atoms with Crippen LogP contribution in [-0.2, 0) is 5.11 Å². The molecule has 3 nitrogen and oxygen atoms in total. The summed E-state index contributed by atoms with van der Waals surface area (Å²) in [5.74, 6) is -0.0329. The highest BCUT2D eigenvalue weighted by molar-refractivity contribution is 5.96. The molecule has 0 spiro atoms. The fraction of sp³-hybridized carbons (Fsp3) is 0.222. The van der Waals surface area contributed by atoms with Gasteiger partial charge in [-0.05, 0) is 19.1 Å². The fourth-order valence-electron chi connectivity index (χ4n) is 0.920. The van der Waals surface area contributed by atoms with Crippen molar-refractivity contribution in [2.45, 2.75) is 6.92 Å². The van der Waals surface area contributed by atoms with Gasteiger partial charge in [0, 0.05) is 6.07 Å². The van der Waals surface area contributed by atoms with E-state index in [-0.39, 0.29) is 17.1 Å². The average molecular weight is 165 g/mol. The lowest BCUT2D eigenvalue weighted by atomic mass is 10.1. The van der Waals surface area contributed by atoms with Gasteiger partial charge in [-0.1, -0.05) is 0 Å². The molecule has 0 saturated carbocycles. The molecule has 0 aliphatic heterocycles. The summed E-state index contributed by atoms with van der Waals surface area (Å²) >= 11 is 0. The molecule has 0 unspecified atom stereocenters. The van der Waals surface area contributed by atoms with E-state index in [0.717, 1.165) is 0 Å². The monoisotopic (exact) mass is 165 g/mol. The van der Waals surface area contributed by atoms with Crippen LogP contribution in [0, 0.1) is 0 Å². The van der Waals surface area contributed by atoms with Crippen LogP contribution in [-0.4, -0.2) is 12.9 Å². The van der Waals surface area contributed by atoms with Crippen molar-refractivity contribution in [3.63, 3.8) is 0 Å². The zero-order valence-corrected chi connectivity index (χ0v) is 6.96. The van der Waals surface area contributed by atoms with Crippen LogP contribution in [0.4, 0.5) is 0 Å². The van der Waals surface area contributed by atoms with E-state index in [4.69, 9.17) is 4.74 Å². The predicted octanol–water partition coefficient (Wildman–Crippen LogP) is 2.04. The second-order valence-electron chi connectivity index (χ2n) is 2.42. The van der Waals surface area contributed by atoms with Crippen LogP contribution in [0.1, 0.15) is 17.3 Å². The van der Waals surface area contributed by atoms with Crippen LogP contribution in [0.3, 0.4) is 0 Å². The third kappa shape index (κ3) is 1.56. The molecule has 0 N–H and O–H groups in total. The maximum Gasteiger partial charge on any atom is 0.193 e. The number of methoxy groups -OCH3 is 1. The van der Waals surface area contributed by atoms with Gasteiger partial charge in [-0.25, -0.2) is 0 Å². The largest absolute Gasteiger partial charge is 0.497 e. The quantitative estimate of drug-likeness (QED) is 0.629. The van der Waals surface area contributed by atoms with Crippen molar-refractivity contribution >= 4 is 5.78 Å². The highest BCUT2D eigenvalue weighted by Gasteiger charge is 2.08. The molecule has 0 amide bonds. The zero-order chi connectivity index (χ0) is 9.14. The fourth-order valence-corrected chi connectivity index (χ4v) is 0.920. The van der Waals surface area contributed by atoms with E-state index in [2.05, 4.69) is 0 Å². The Kier molecular flexibility index (Phi) is 2.33. The van der Waals surface area contributed by atoms with Gasteiger partial charge in [-0.3, -0.25) is 9.90 Å². The Morgan fingerprint density at radius 2 is 2.08 bits per heavy atom. The minimum absolute atomic E-state index is 0.204. The zero-order valence-electron chi connectivity index (χ0n) is 6.96. The second-order valence-corrected chi connectivity index (χ2v) is 2.42. The van der Waals surface area contributed by atoms with Gasteiger partial charge in [0.2, 0.25) is 0 Å². The predicted molar refractivity (Wildman–Crippen MR) is 43.1 cm³/mol. The number of hydrogen-bond donors (Lipinski definition) is 0. The third-order valence-electron chi connectivity index (χ3n) is 1.57. The van der Waals surface area contributed by atoms with Gasteiger partial charge in [-0.15, -0.1) is 0 Å². The second kappa shape index (κ2) is 3.26. The van der Waals surface area contributed by atoms with Crippen molar-refractivity contribution in [3.05, 3.63) is 23.8 Å². The first kappa shape index (κ1) is 8.59. The third-order valence-corrected chi connectivity index (χ3v) is 1.57. The molecular weight excluding hydrogens is 156 g/mol. The Balaban J connectivity index is 3.12. The van der Waals surface area contributed by atoms with Gasteiger partial charge >= 0.3 is 0 Å². The molecule has 1 rings (SSSR count). The van der Waals surface area contributed by atoms with Crippen molar-refractivity contribution in [2.24, 2.45) is 0 Å². The lowest BCUT2D eigenvalue weighted by Gasteiger charge is -2.00. The molecule has 0 heterocycles. The van der Waals surface area contributed by atoms with E-state index in [1.165, 1.54) is 26.2 Å². The molecule has 0 aromatic heterocycles. The highest BCUT2D eigenvalue weighted by Crippen LogP contribution is 2.23. The van der Waals surface area contributed by atoms with E-state index >= 15 is 0 Å². The van der Waals surface area contributed by atoms with Gasteiger partial charge < -0.3 is 4.74 Å². The number of rotatable bonds is 2. The van der Waals surface area contributed by atoms with Gasteiger partial charge in [0.1, 0.15) is 5.75 Å². The normalized spacial score (nSPS) is 9.50. The van der Waals surface area contributed by atoms with Gasteiger partial charge in [-0.2, -0.15) is 0 Å². The van der Waals surface area contributed by atoms with Crippen molar-refractivity contribution in [3.8, 4) is 11.5 Å². The van der Waals surface area contributed by atoms with Crippen LogP contribution in [0.5, 0.6) is 11.5 Å². The Morgan fingerprint density at radius 3 is 2.50 bits per heavy atom. The van der Waals surface area contributed by atoms with Crippen molar-refractivity contribution in [1.82, 2.24) is 0 Å². The number of hydrogen-bond acceptors (Lipinski definition) is 2. The van der Waals surface area contributed by atoms with E-state index in [1.807, 2.05) is 0 Å². The SMILES string of the molecule is COc1ccc(C(C)=O)c([O])c1. The summed E-state index contributed by atoms with van der Waals surface area (Å²) in [6.45, 7) is 1.36. The van der Waals surface area contributed by atoms with E-state index in [9.17, 15) is 9.90 Å². The molecule has 1 aromatic rings. The van der Waals surface area contributed by atoms with Gasteiger partial charge in [0.05, 0.1) is 12.7 Å². The maximum atomic E-state index is 11.1. The molecule has 0 aliphatic carbocycles. The number of Topliss-reactive ketones (excluding diaryl/α,β-unsaturated/α-hetero) is 1. The molecule has 0 atom stereocenters. The Labute approximate surface area is 70.6 Å². The molecule has 12 heavy (non-hydrogen) atoms. The molecular formula is C9H9O3. The number of ketones is 1. The Morgan fingerprint density at radius 1 is 1.42 bits per heavy atom. The van der Waals surface area contributed by atoms with E-state index in [0.29, 0.717) is 5.75 Å². The summed E-state index contributed by atoms with van der Waals surface area (Å²) in [5, 5.41) is 11.1. The summed E-state index contributed by atoms with van der Waals surface area (Å²) in [6, 6.07) is 4.37. The molecule has 0 aliphatic rings.